The molecule has 0 aromatic carbocycles. The quantitative estimate of drug-likeness (QED) is 0.847. The Morgan fingerprint density at radius 2 is 2.19 bits per heavy atom. The maximum Gasteiger partial charge on any atom is 0.0664 e. The first kappa shape index (κ1) is 11.6. The van der Waals surface area contributed by atoms with Crippen molar-refractivity contribution in [2.75, 3.05) is 6.54 Å². The highest BCUT2D eigenvalue weighted by Gasteiger charge is 2.58. The molecule has 0 saturated heterocycles. The van der Waals surface area contributed by atoms with Crippen molar-refractivity contribution >= 4 is 0 Å². The molecule has 90 valence electrons. The first-order chi connectivity index (χ1) is 7.46. The summed E-state index contributed by atoms with van der Waals surface area (Å²) in [6, 6.07) is 2.16. The fourth-order valence-corrected chi connectivity index (χ4v) is 2.79. The van der Waals surface area contributed by atoms with Gasteiger partial charge in [0.05, 0.1) is 5.69 Å². The summed E-state index contributed by atoms with van der Waals surface area (Å²) in [5.74, 6) is 1.81. The molecule has 0 spiro atoms. The molecule has 0 unspecified atom stereocenters. The SMILES string of the molecule is CC(C)Cn1ccc([C@@H]2[C@@H](CN)C2(C)C)n1. The minimum Gasteiger partial charge on any atom is -0.330 e. The molecule has 0 radical (unpaired) electrons. The number of nitrogens with zero attached hydrogens (tertiary/aromatic N) is 2. The molecule has 3 nitrogen and oxygen atoms in total. The van der Waals surface area contributed by atoms with E-state index in [1.54, 1.807) is 0 Å². The average Bonchev–Trinajstić information content (AvgIpc) is 2.55. The monoisotopic (exact) mass is 221 g/mol. The molecule has 1 aromatic heterocycles. The zero-order valence-electron chi connectivity index (χ0n) is 10.8. The molecule has 1 heterocycles. The Morgan fingerprint density at radius 1 is 1.50 bits per heavy atom. The van der Waals surface area contributed by atoms with E-state index in [2.05, 4.69) is 49.7 Å². The number of rotatable bonds is 4. The van der Waals surface area contributed by atoms with Gasteiger partial charge >= 0.3 is 0 Å². The maximum atomic E-state index is 5.79. The van der Waals surface area contributed by atoms with E-state index in [9.17, 15) is 0 Å². The number of nitrogens with two attached hydrogens (primary N) is 1. The predicted molar refractivity (Wildman–Crippen MR) is 66.1 cm³/mol. The molecule has 2 rings (SSSR count). The molecule has 16 heavy (non-hydrogen) atoms. The summed E-state index contributed by atoms with van der Waals surface area (Å²) in [5.41, 5.74) is 7.35. The first-order valence-corrected chi connectivity index (χ1v) is 6.20. The van der Waals surface area contributed by atoms with Crippen molar-refractivity contribution in [1.82, 2.24) is 9.78 Å². The summed E-state index contributed by atoms with van der Waals surface area (Å²) in [6.07, 6.45) is 2.09. The zero-order chi connectivity index (χ0) is 11.9. The van der Waals surface area contributed by atoms with E-state index in [1.807, 2.05) is 0 Å². The van der Waals surface area contributed by atoms with Crippen molar-refractivity contribution in [3.63, 3.8) is 0 Å². The standard InChI is InChI=1S/C13H23N3/c1-9(2)8-16-6-5-11(15-16)12-10(7-14)13(12,3)4/h5-6,9-10,12H,7-8,14H2,1-4H3/t10-,12+/m1/s1. The van der Waals surface area contributed by atoms with Gasteiger partial charge in [-0.1, -0.05) is 27.7 Å². The van der Waals surface area contributed by atoms with Gasteiger partial charge in [0.15, 0.2) is 0 Å². The second kappa shape index (κ2) is 3.88. The van der Waals surface area contributed by atoms with Gasteiger partial charge in [-0.3, -0.25) is 4.68 Å². The highest BCUT2D eigenvalue weighted by Crippen LogP contribution is 2.63. The molecule has 0 amide bonds. The van der Waals surface area contributed by atoms with Crippen LogP contribution >= 0.6 is 0 Å². The van der Waals surface area contributed by atoms with E-state index in [0.29, 0.717) is 23.2 Å². The van der Waals surface area contributed by atoms with E-state index in [-0.39, 0.29) is 0 Å². The topological polar surface area (TPSA) is 43.8 Å². The van der Waals surface area contributed by atoms with Gasteiger partial charge < -0.3 is 5.73 Å². The Kier molecular flexibility index (Phi) is 2.82. The molecule has 1 saturated carbocycles. The Balaban J connectivity index is 2.09. The van der Waals surface area contributed by atoms with Crippen molar-refractivity contribution in [3.8, 4) is 0 Å². The van der Waals surface area contributed by atoms with Gasteiger partial charge in [-0.2, -0.15) is 5.10 Å². The van der Waals surface area contributed by atoms with E-state index >= 15 is 0 Å². The van der Waals surface area contributed by atoms with Gasteiger partial charge in [0.1, 0.15) is 0 Å². The first-order valence-electron chi connectivity index (χ1n) is 6.20. The number of aromatic nitrogens is 2. The molecule has 3 heteroatoms. The summed E-state index contributed by atoms with van der Waals surface area (Å²) in [7, 11) is 0. The number of hydrogen-bond acceptors (Lipinski definition) is 2. The maximum absolute atomic E-state index is 5.79. The van der Waals surface area contributed by atoms with Crippen LogP contribution in [0.25, 0.3) is 0 Å². The Morgan fingerprint density at radius 3 is 2.69 bits per heavy atom. The van der Waals surface area contributed by atoms with Gasteiger partial charge in [-0.05, 0) is 29.9 Å². The second-order valence-electron chi connectivity index (χ2n) is 6.00. The van der Waals surface area contributed by atoms with Crippen molar-refractivity contribution < 1.29 is 0 Å². The van der Waals surface area contributed by atoms with Crippen LogP contribution < -0.4 is 5.73 Å². The van der Waals surface area contributed by atoms with Crippen LogP contribution in [0.1, 0.15) is 39.3 Å². The number of hydrogen-bond donors (Lipinski definition) is 1. The molecular weight excluding hydrogens is 198 g/mol. The van der Waals surface area contributed by atoms with Gasteiger partial charge in [0.2, 0.25) is 0 Å². The van der Waals surface area contributed by atoms with Crippen LogP contribution in [0.15, 0.2) is 12.3 Å². The molecule has 1 fully saturated rings. The van der Waals surface area contributed by atoms with E-state index in [1.165, 1.54) is 5.69 Å². The lowest BCUT2D eigenvalue weighted by Crippen LogP contribution is -2.06. The van der Waals surface area contributed by atoms with Crippen LogP contribution in [0.4, 0.5) is 0 Å². The summed E-state index contributed by atoms with van der Waals surface area (Å²) in [4.78, 5) is 0. The van der Waals surface area contributed by atoms with Gasteiger partial charge in [-0.15, -0.1) is 0 Å². The van der Waals surface area contributed by atoms with Crippen LogP contribution in [-0.2, 0) is 6.54 Å². The van der Waals surface area contributed by atoms with Crippen LogP contribution in [-0.4, -0.2) is 16.3 Å². The third-order valence-corrected chi connectivity index (χ3v) is 3.84. The molecular formula is C13H23N3. The molecule has 2 atom stereocenters. The van der Waals surface area contributed by atoms with E-state index in [4.69, 9.17) is 5.73 Å². The fraction of sp³-hybridized carbons (Fsp3) is 0.769. The smallest absolute Gasteiger partial charge is 0.0664 e. The second-order valence-corrected chi connectivity index (χ2v) is 6.00. The van der Waals surface area contributed by atoms with Gasteiger partial charge in [0.25, 0.3) is 0 Å². The minimum absolute atomic E-state index is 0.339. The molecule has 0 bridgehead atoms. The Labute approximate surface area is 98.0 Å². The highest BCUT2D eigenvalue weighted by molar-refractivity contribution is 5.25. The van der Waals surface area contributed by atoms with Crippen molar-refractivity contribution in [2.24, 2.45) is 23.0 Å². The molecule has 0 aliphatic heterocycles. The van der Waals surface area contributed by atoms with Crippen LogP contribution in [0, 0.1) is 17.3 Å². The minimum atomic E-state index is 0.339. The lowest BCUT2D eigenvalue weighted by molar-refractivity contribution is 0.477. The van der Waals surface area contributed by atoms with E-state index in [0.717, 1.165) is 13.1 Å². The lowest BCUT2D eigenvalue weighted by atomic mass is 10.1. The predicted octanol–water partition coefficient (Wildman–Crippen LogP) is 2.24. The Hall–Kier alpha value is -0.830. The van der Waals surface area contributed by atoms with E-state index < -0.39 is 0 Å². The van der Waals surface area contributed by atoms with Gasteiger partial charge in [0, 0.05) is 18.7 Å². The Bertz CT molecular complexity index is 365. The third kappa shape index (κ3) is 1.88. The third-order valence-electron chi connectivity index (χ3n) is 3.84. The average molecular weight is 221 g/mol. The largest absolute Gasteiger partial charge is 0.330 e. The normalized spacial score (nSPS) is 27.4. The zero-order valence-corrected chi connectivity index (χ0v) is 10.8. The van der Waals surface area contributed by atoms with Gasteiger partial charge in [-0.25, -0.2) is 0 Å². The fourth-order valence-electron chi connectivity index (χ4n) is 2.79. The van der Waals surface area contributed by atoms with Crippen molar-refractivity contribution in [3.05, 3.63) is 18.0 Å². The molecule has 1 aromatic rings. The summed E-state index contributed by atoms with van der Waals surface area (Å²) in [5, 5.41) is 4.67. The van der Waals surface area contributed by atoms with Crippen LogP contribution in [0.3, 0.4) is 0 Å². The molecule has 1 aliphatic rings. The molecule has 2 N–H and O–H groups in total. The highest BCUT2D eigenvalue weighted by atomic mass is 15.3. The van der Waals surface area contributed by atoms with Crippen LogP contribution in [0.2, 0.25) is 0 Å². The summed E-state index contributed by atoms with van der Waals surface area (Å²) >= 11 is 0. The lowest BCUT2D eigenvalue weighted by Gasteiger charge is -2.04. The molecule has 1 aliphatic carbocycles. The summed E-state index contributed by atoms with van der Waals surface area (Å²) < 4.78 is 2.06. The van der Waals surface area contributed by atoms with Crippen LogP contribution in [0.5, 0.6) is 0 Å². The van der Waals surface area contributed by atoms with Crippen molar-refractivity contribution in [1.29, 1.82) is 0 Å². The van der Waals surface area contributed by atoms with Crippen molar-refractivity contribution in [2.45, 2.75) is 40.2 Å². The summed E-state index contributed by atoms with van der Waals surface area (Å²) in [6.45, 7) is 10.8.